The fourth-order valence-electron chi connectivity index (χ4n) is 3.86. The van der Waals surface area contributed by atoms with E-state index in [1.807, 2.05) is 70.8 Å². The van der Waals surface area contributed by atoms with E-state index in [1.54, 1.807) is 6.07 Å². The Morgan fingerprint density at radius 2 is 1.78 bits per heavy atom. The summed E-state index contributed by atoms with van der Waals surface area (Å²) in [5.41, 5.74) is 3.82. The van der Waals surface area contributed by atoms with Crippen LogP contribution in [0.3, 0.4) is 0 Å². The molecule has 162 valence electrons. The van der Waals surface area contributed by atoms with E-state index in [0.29, 0.717) is 35.3 Å². The molecule has 0 saturated carbocycles. The number of anilines is 2. The third-order valence-corrected chi connectivity index (χ3v) is 5.60. The zero-order chi connectivity index (χ0) is 21.4. The number of halogens is 2. The highest BCUT2D eigenvalue weighted by molar-refractivity contribution is 6.35. The summed E-state index contributed by atoms with van der Waals surface area (Å²) in [4.78, 5) is 4.86. The Hall–Kier alpha value is -3.55. The second-order valence-corrected chi connectivity index (χ2v) is 7.60. The standard InChI is InChI=1S/C24H20ClFN5.H2O/c1-2-30-22-15-27-23(18-10-6-7-11-20(18)25)19-14-16(26)12-13-21(19)31(22)24(29-30)28-17-8-4-3-5-9-17;/h3-14H,2,15H2,1H3,(H,28,29);1H2/q+1;/p-1. The Bertz CT molecular complexity index is 1300. The molecule has 0 radical (unpaired) electrons. The summed E-state index contributed by atoms with van der Waals surface area (Å²) in [5, 5.41) is 8.74. The van der Waals surface area contributed by atoms with Gasteiger partial charge in [0.1, 0.15) is 18.0 Å². The van der Waals surface area contributed by atoms with Gasteiger partial charge in [0.25, 0.3) is 0 Å². The van der Waals surface area contributed by atoms with Gasteiger partial charge in [-0.25, -0.2) is 4.39 Å². The van der Waals surface area contributed by atoms with Crippen LogP contribution >= 0.6 is 11.6 Å². The molecule has 0 amide bonds. The third-order valence-electron chi connectivity index (χ3n) is 5.27. The fraction of sp³-hybridized carbons (Fsp3) is 0.125. The van der Waals surface area contributed by atoms with E-state index in [-0.39, 0.29) is 11.3 Å². The van der Waals surface area contributed by atoms with Crippen molar-refractivity contribution in [3.05, 3.63) is 101 Å². The van der Waals surface area contributed by atoms with Crippen LogP contribution in [-0.2, 0) is 13.1 Å². The summed E-state index contributed by atoms with van der Waals surface area (Å²) in [6, 6.07) is 22.1. The molecule has 3 aromatic carbocycles. The number of fused-ring (bicyclic) bond motifs is 3. The molecular formula is C24H21ClFN5O. The van der Waals surface area contributed by atoms with E-state index >= 15 is 0 Å². The lowest BCUT2D eigenvalue weighted by Gasteiger charge is -2.11. The van der Waals surface area contributed by atoms with E-state index in [4.69, 9.17) is 21.7 Å². The van der Waals surface area contributed by atoms with Crippen molar-refractivity contribution in [1.82, 2.24) is 9.78 Å². The molecule has 8 heteroatoms. The van der Waals surface area contributed by atoms with E-state index in [9.17, 15) is 4.39 Å². The monoisotopic (exact) mass is 449 g/mol. The Morgan fingerprint density at radius 1 is 1.03 bits per heavy atom. The van der Waals surface area contributed by atoms with Gasteiger partial charge < -0.3 is 5.48 Å². The molecule has 0 bridgehead atoms. The van der Waals surface area contributed by atoms with Crippen LogP contribution < -0.4 is 9.88 Å². The van der Waals surface area contributed by atoms with Crippen LogP contribution in [-0.4, -0.2) is 21.0 Å². The average Bonchev–Trinajstić information content (AvgIpc) is 3.03. The van der Waals surface area contributed by atoms with Gasteiger partial charge in [-0.1, -0.05) is 48.0 Å². The zero-order valence-corrected chi connectivity index (χ0v) is 18.1. The SMILES string of the molecule is CCn1nc(Nc2ccccc2)[n+]2c1CN=C(c1ccccc1Cl)c1cc(F)ccc1-2.[OH-]. The first-order valence-corrected chi connectivity index (χ1v) is 10.5. The third kappa shape index (κ3) is 3.77. The van der Waals surface area contributed by atoms with Gasteiger partial charge in [0, 0.05) is 21.2 Å². The number of aliphatic imine (C=N–C) groups is 1. The number of hydrogen-bond donors (Lipinski definition) is 1. The summed E-state index contributed by atoms with van der Waals surface area (Å²) < 4.78 is 18.3. The van der Waals surface area contributed by atoms with Crippen LogP contribution in [0.1, 0.15) is 23.9 Å². The quantitative estimate of drug-likeness (QED) is 0.451. The van der Waals surface area contributed by atoms with Gasteiger partial charge in [-0.15, -0.1) is 4.68 Å². The molecule has 0 aliphatic carbocycles. The van der Waals surface area contributed by atoms with Gasteiger partial charge in [0.15, 0.2) is 0 Å². The van der Waals surface area contributed by atoms with Crippen LogP contribution in [0.25, 0.3) is 5.69 Å². The predicted molar refractivity (Wildman–Crippen MR) is 122 cm³/mol. The Morgan fingerprint density at radius 3 is 2.53 bits per heavy atom. The second kappa shape index (κ2) is 8.90. The smallest absolute Gasteiger partial charge is 0.387 e. The number of nitrogens with zero attached hydrogens (tertiary/aromatic N) is 4. The molecule has 0 atom stereocenters. The predicted octanol–water partition coefficient (Wildman–Crippen LogP) is 4.89. The molecule has 32 heavy (non-hydrogen) atoms. The van der Waals surface area contributed by atoms with E-state index in [2.05, 4.69) is 5.32 Å². The fourth-order valence-corrected chi connectivity index (χ4v) is 4.08. The summed E-state index contributed by atoms with van der Waals surface area (Å²) >= 11 is 6.49. The van der Waals surface area contributed by atoms with Crippen LogP contribution in [0.15, 0.2) is 77.8 Å². The molecular weight excluding hydrogens is 429 g/mol. The summed E-state index contributed by atoms with van der Waals surface area (Å²) in [6.07, 6.45) is 0. The molecule has 1 aromatic heterocycles. The average molecular weight is 450 g/mol. The van der Waals surface area contributed by atoms with Crippen molar-refractivity contribution < 1.29 is 14.4 Å². The summed E-state index contributed by atoms with van der Waals surface area (Å²) in [5.74, 6) is 1.21. The van der Waals surface area contributed by atoms with E-state index < -0.39 is 0 Å². The number of para-hydroxylation sites is 1. The number of rotatable bonds is 4. The minimum absolute atomic E-state index is 0. The maximum atomic E-state index is 14.4. The lowest BCUT2D eigenvalue weighted by Crippen LogP contribution is -2.37. The molecule has 1 aliphatic heterocycles. The van der Waals surface area contributed by atoms with Gasteiger partial charge in [0.2, 0.25) is 5.82 Å². The second-order valence-electron chi connectivity index (χ2n) is 7.19. The van der Waals surface area contributed by atoms with Crippen molar-refractivity contribution in [3.8, 4) is 5.69 Å². The molecule has 0 unspecified atom stereocenters. The maximum absolute atomic E-state index is 14.4. The normalized spacial score (nSPS) is 12.2. The van der Waals surface area contributed by atoms with Gasteiger partial charge in [0.05, 0.1) is 17.9 Å². The Balaban J connectivity index is 0.00000245. The molecule has 0 fully saturated rings. The number of nitrogens with one attached hydrogen (secondary N) is 1. The van der Waals surface area contributed by atoms with Crippen molar-refractivity contribution in [1.29, 1.82) is 0 Å². The van der Waals surface area contributed by atoms with Gasteiger partial charge >= 0.3 is 5.95 Å². The zero-order valence-electron chi connectivity index (χ0n) is 17.3. The van der Waals surface area contributed by atoms with Crippen molar-refractivity contribution in [2.75, 3.05) is 5.32 Å². The van der Waals surface area contributed by atoms with Crippen molar-refractivity contribution in [2.45, 2.75) is 20.0 Å². The molecule has 2 N–H and O–H groups in total. The van der Waals surface area contributed by atoms with Gasteiger partial charge in [-0.05, 0) is 43.3 Å². The Kier molecular flexibility index (Phi) is 6.03. The molecule has 6 nitrogen and oxygen atoms in total. The van der Waals surface area contributed by atoms with Crippen LogP contribution in [0, 0.1) is 5.82 Å². The molecule has 1 aliphatic rings. The molecule has 2 heterocycles. The minimum Gasteiger partial charge on any atom is -0.870 e. The van der Waals surface area contributed by atoms with Crippen LogP contribution in [0.2, 0.25) is 5.02 Å². The number of aryl methyl sites for hydroxylation is 1. The van der Waals surface area contributed by atoms with Crippen LogP contribution in [0.4, 0.5) is 16.0 Å². The lowest BCUT2D eigenvalue weighted by molar-refractivity contribution is -0.590. The molecule has 4 aromatic rings. The van der Waals surface area contributed by atoms with Gasteiger partial charge in [-0.2, -0.15) is 4.57 Å². The highest BCUT2D eigenvalue weighted by atomic mass is 35.5. The van der Waals surface area contributed by atoms with E-state index in [1.165, 1.54) is 12.1 Å². The minimum atomic E-state index is -0.331. The number of aromatic nitrogens is 3. The van der Waals surface area contributed by atoms with Crippen LogP contribution in [0.5, 0.6) is 0 Å². The largest absolute Gasteiger partial charge is 0.870 e. The lowest BCUT2D eigenvalue weighted by atomic mass is 10.00. The number of hydrogen-bond acceptors (Lipinski definition) is 4. The molecule has 5 rings (SSSR count). The van der Waals surface area contributed by atoms with Crippen molar-refractivity contribution in [3.63, 3.8) is 0 Å². The maximum Gasteiger partial charge on any atom is 0.387 e. The van der Waals surface area contributed by atoms with Gasteiger partial charge in [-0.3, -0.25) is 10.3 Å². The summed E-state index contributed by atoms with van der Waals surface area (Å²) in [7, 11) is 0. The first kappa shape index (κ1) is 21.7. The molecule has 0 saturated heterocycles. The first-order chi connectivity index (χ1) is 15.2. The highest BCUT2D eigenvalue weighted by Crippen LogP contribution is 2.27. The Labute approximate surface area is 189 Å². The highest BCUT2D eigenvalue weighted by Gasteiger charge is 2.31. The topological polar surface area (TPSA) is 76.1 Å². The summed E-state index contributed by atoms with van der Waals surface area (Å²) in [6.45, 7) is 3.10. The molecule has 0 spiro atoms. The first-order valence-electron chi connectivity index (χ1n) is 10.1. The van der Waals surface area contributed by atoms with Crippen molar-refractivity contribution in [2.24, 2.45) is 4.99 Å². The van der Waals surface area contributed by atoms with Crippen molar-refractivity contribution >= 4 is 28.9 Å². The number of benzene rings is 3. The van der Waals surface area contributed by atoms with E-state index in [0.717, 1.165) is 22.8 Å².